The van der Waals surface area contributed by atoms with Crippen molar-refractivity contribution in [3.63, 3.8) is 0 Å². The number of hydrogen-bond acceptors (Lipinski definition) is 5. The Morgan fingerprint density at radius 3 is 1.32 bits per heavy atom. The van der Waals surface area contributed by atoms with Gasteiger partial charge in [0, 0.05) is 9.75 Å². The average Bonchev–Trinajstić information content (AvgIpc) is 3.19. The van der Waals surface area contributed by atoms with Gasteiger partial charge in [-0.25, -0.2) is 0 Å². The molecule has 0 atom stereocenters. The number of nitrogens with zero attached hydrogens (tertiary/aromatic N) is 4. The summed E-state index contributed by atoms with van der Waals surface area (Å²) >= 11 is 1.77. The topological polar surface area (TPSA) is 49.4 Å². The van der Waals surface area contributed by atoms with Crippen molar-refractivity contribution in [2.45, 2.75) is 0 Å². The zero-order valence-electron chi connectivity index (χ0n) is 14.5. The average molecular weight is 471 g/mol. The van der Waals surface area contributed by atoms with Crippen molar-refractivity contribution in [1.82, 2.24) is 0 Å². The van der Waals surface area contributed by atoms with Gasteiger partial charge in [0.15, 0.2) is 0 Å². The van der Waals surface area contributed by atoms with Crippen LogP contribution in [0.5, 0.6) is 0 Å². The Morgan fingerprint density at radius 2 is 0.929 bits per heavy atom. The van der Waals surface area contributed by atoms with Crippen molar-refractivity contribution in [2.75, 3.05) is 0 Å². The SMILES string of the molecule is C(=N/N=C/c1ccc(/C=N/N=C\c2ccccc2)s1)/c1ccccc1.[Cl][Fe][Cl]. The Hall–Kier alpha value is -2.08. The normalized spacial score (nSPS) is 11.6. The molecule has 0 N–H and O–H groups in total. The first-order valence-corrected chi connectivity index (χ1v) is 11.9. The molecule has 0 aliphatic rings. The summed E-state index contributed by atoms with van der Waals surface area (Å²) in [4.78, 5) is 2.03. The van der Waals surface area contributed by atoms with Gasteiger partial charge >= 0.3 is 33.3 Å². The molecule has 3 aromatic rings. The van der Waals surface area contributed by atoms with Crippen LogP contribution in [0.15, 0.2) is 93.2 Å². The molecule has 0 aliphatic heterocycles. The number of hydrogen-bond donors (Lipinski definition) is 0. The molecule has 1 heterocycles. The Morgan fingerprint density at radius 1 is 0.571 bits per heavy atom. The van der Waals surface area contributed by atoms with Crippen LogP contribution < -0.4 is 0 Å². The molecule has 0 radical (unpaired) electrons. The zero-order valence-corrected chi connectivity index (χ0v) is 18.0. The van der Waals surface area contributed by atoms with E-state index in [0.717, 1.165) is 20.9 Å². The summed E-state index contributed by atoms with van der Waals surface area (Å²) in [6.45, 7) is 0. The van der Waals surface area contributed by atoms with Crippen LogP contribution in [0.1, 0.15) is 20.9 Å². The molecule has 2 aromatic carbocycles. The van der Waals surface area contributed by atoms with Crippen LogP contribution in [0.2, 0.25) is 0 Å². The van der Waals surface area contributed by atoms with Gasteiger partial charge in [-0.15, -0.1) is 11.3 Å². The van der Waals surface area contributed by atoms with Crippen LogP contribution in [-0.4, -0.2) is 24.9 Å². The molecule has 0 saturated heterocycles. The summed E-state index contributed by atoms with van der Waals surface area (Å²) in [5.74, 6) is 0. The Labute approximate surface area is 183 Å². The van der Waals surface area contributed by atoms with E-state index in [1.807, 2.05) is 72.8 Å². The fourth-order valence-electron chi connectivity index (χ4n) is 1.97. The minimum atomic E-state index is 0.194. The predicted octanol–water partition coefficient (Wildman–Crippen LogP) is 6.03. The van der Waals surface area contributed by atoms with Gasteiger partial charge in [0.05, 0.1) is 24.9 Å². The van der Waals surface area contributed by atoms with Gasteiger partial charge in [-0.05, 0) is 23.3 Å². The van der Waals surface area contributed by atoms with Crippen molar-refractivity contribution in [1.29, 1.82) is 0 Å². The van der Waals surface area contributed by atoms with E-state index in [4.69, 9.17) is 20.2 Å². The van der Waals surface area contributed by atoms with E-state index in [1.165, 1.54) is 0 Å². The molecule has 0 fully saturated rings. The number of halogens is 2. The maximum absolute atomic E-state index is 4.76. The molecule has 4 nitrogen and oxygen atoms in total. The molecule has 0 unspecified atom stereocenters. The van der Waals surface area contributed by atoms with E-state index in [0.29, 0.717) is 0 Å². The first kappa shape index (κ1) is 22.2. The van der Waals surface area contributed by atoms with Crippen LogP contribution in [0, 0.1) is 0 Å². The second-order valence-corrected chi connectivity index (χ2v) is 8.06. The third-order valence-electron chi connectivity index (χ3n) is 3.16. The molecule has 144 valence electrons. The van der Waals surface area contributed by atoms with E-state index in [9.17, 15) is 0 Å². The summed E-state index contributed by atoms with van der Waals surface area (Å²) in [5.41, 5.74) is 2.05. The molecule has 0 amide bonds. The van der Waals surface area contributed by atoms with Crippen molar-refractivity contribution >= 4 is 56.4 Å². The number of rotatable bonds is 6. The summed E-state index contributed by atoms with van der Waals surface area (Å²) < 4.78 is 0. The first-order chi connectivity index (χ1) is 13.8. The molecule has 0 spiro atoms. The van der Waals surface area contributed by atoms with E-state index < -0.39 is 0 Å². The maximum atomic E-state index is 4.76. The van der Waals surface area contributed by atoms with Gasteiger partial charge in [0.1, 0.15) is 0 Å². The Bertz CT molecular complexity index is 852. The third-order valence-corrected chi connectivity index (χ3v) is 4.12. The van der Waals surface area contributed by atoms with Gasteiger partial charge < -0.3 is 0 Å². The van der Waals surface area contributed by atoms with Gasteiger partial charge in [0.25, 0.3) is 0 Å². The molecule has 8 heteroatoms. The van der Waals surface area contributed by atoms with Gasteiger partial charge in [0.2, 0.25) is 0 Å². The van der Waals surface area contributed by atoms with Gasteiger partial charge in [-0.1, -0.05) is 60.7 Å². The van der Waals surface area contributed by atoms with Crippen LogP contribution in [0.4, 0.5) is 0 Å². The first-order valence-electron chi connectivity index (χ1n) is 8.00. The van der Waals surface area contributed by atoms with Crippen molar-refractivity contribution in [2.24, 2.45) is 20.4 Å². The van der Waals surface area contributed by atoms with Crippen LogP contribution in [-0.2, 0) is 13.1 Å². The van der Waals surface area contributed by atoms with Crippen molar-refractivity contribution in [3.8, 4) is 0 Å². The van der Waals surface area contributed by atoms with Crippen molar-refractivity contribution < 1.29 is 13.1 Å². The molecule has 3 rings (SSSR count). The summed E-state index contributed by atoms with van der Waals surface area (Å²) in [7, 11) is 9.53. The fourth-order valence-corrected chi connectivity index (χ4v) is 2.71. The van der Waals surface area contributed by atoms with E-state index in [-0.39, 0.29) is 13.1 Å². The summed E-state index contributed by atoms with van der Waals surface area (Å²) in [5, 5.41) is 16.2. The molecular formula is C20H16Cl2FeN4S. The molecule has 1 aromatic heterocycles. The van der Waals surface area contributed by atoms with Gasteiger partial charge in [-0.3, -0.25) is 0 Å². The quantitative estimate of drug-likeness (QED) is 0.240. The monoisotopic (exact) mass is 470 g/mol. The molecule has 0 bridgehead atoms. The molecule has 0 saturated carbocycles. The molecule has 28 heavy (non-hydrogen) atoms. The second kappa shape index (κ2) is 14.0. The molecular weight excluding hydrogens is 455 g/mol. The van der Waals surface area contributed by atoms with E-state index in [2.05, 4.69) is 20.4 Å². The van der Waals surface area contributed by atoms with Gasteiger partial charge in [-0.2, -0.15) is 20.4 Å². The van der Waals surface area contributed by atoms with Crippen molar-refractivity contribution in [3.05, 3.63) is 93.7 Å². The zero-order chi connectivity index (χ0) is 19.9. The number of benzene rings is 2. The van der Waals surface area contributed by atoms with E-state index >= 15 is 0 Å². The van der Waals surface area contributed by atoms with E-state index in [1.54, 1.807) is 36.2 Å². The second-order valence-electron chi connectivity index (χ2n) is 5.09. The number of thiophene rings is 1. The Kier molecular flexibility index (Phi) is 11.1. The summed E-state index contributed by atoms with van der Waals surface area (Å²) in [6, 6.07) is 23.7. The standard InChI is InChI=1S/C20H16N4S.2ClH.Fe/c1-3-7-17(8-4-1)13-21-23-15-19-11-12-20(25-19)16-24-22-14-18-9-5-2-6-10-18;;;/h1-16H;2*1H;/q;;;+2/p-2/b21-13-,22-14-,23-15+,24-16+;;;. The van der Waals surface area contributed by atoms with Crippen LogP contribution in [0.3, 0.4) is 0 Å². The molecule has 0 aliphatic carbocycles. The Balaban J connectivity index is 0.000000878. The third kappa shape index (κ3) is 9.22. The fraction of sp³-hybridized carbons (Fsp3) is 0. The van der Waals surface area contributed by atoms with Crippen LogP contribution >= 0.6 is 31.5 Å². The van der Waals surface area contributed by atoms with Crippen LogP contribution in [0.25, 0.3) is 0 Å². The summed E-state index contributed by atoms with van der Waals surface area (Å²) in [6.07, 6.45) is 6.92. The predicted molar refractivity (Wildman–Crippen MR) is 119 cm³/mol. The minimum absolute atomic E-state index is 0.194.